The third kappa shape index (κ3) is 10.3. The highest BCUT2D eigenvalue weighted by molar-refractivity contribution is 7.89. The van der Waals surface area contributed by atoms with Crippen LogP contribution >= 0.6 is 22.9 Å². The zero-order valence-corrected chi connectivity index (χ0v) is 43.5. The van der Waals surface area contributed by atoms with Crippen molar-refractivity contribution in [3.8, 4) is 16.5 Å². The van der Waals surface area contributed by atoms with E-state index in [0.29, 0.717) is 77.1 Å². The molecule has 2 aliphatic heterocycles. The first-order valence-corrected chi connectivity index (χ1v) is 26.3. The Balaban J connectivity index is 0.811. The molecule has 72 heavy (non-hydrogen) atoms. The van der Waals surface area contributed by atoms with Crippen molar-refractivity contribution in [3.05, 3.63) is 139 Å². The van der Waals surface area contributed by atoms with Crippen LogP contribution in [-0.4, -0.2) is 105 Å². The standard InChI is InChI=1S/C52H56ClN9O8S2/c1-29-10-12-36(40(25-47(64)65)37-23-41-50(44(24-37)68-7)60(6)59-57-41)22-38(29)28-61-27-30(2)70-43-21-34(11-17-45(43)72(61,66)67)9-8-19-69-20-18-54-46(63)26-42-51-58-56-33(5)62(51)52-48(31(3)32(4)71-52)49(55-42)35-13-15-39(53)16-14-35/h10-17,21-24,30,40,42H,8-9,18-20,25-28H2,1-7H3,(H,54,63)(H,64,65)/t30-,40?,42+/m1/s1. The molecule has 9 rings (SSSR count). The molecule has 7 aromatic rings. The van der Waals surface area contributed by atoms with E-state index in [9.17, 15) is 23.1 Å². The average Bonchev–Trinajstić information content (AvgIpc) is 3.97. The van der Waals surface area contributed by atoms with Gasteiger partial charge in [-0.2, -0.15) is 4.31 Å². The number of aryl methyl sites for hydroxylation is 5. The van der Waals surface area contributed by atoms with Gasteiger partial charge in [0.2, 0.25) is 15.9 Å². The van der Waals surface area contributed by atoms with Crippen LogP contribution in [0.1, 0.15) is 99.2 Å². The van der Waals surface area contributed by atoms with Crippen molar-refractivity contribution in [2.75, 3.05) is 33.4 Å². The molecule has 1 unspecified atom stereocenters. The maximum absolute atomic E-state index is 14.4. The van der Waals surface area contributed by atoms with E-state index < -0.39 is 34.1 Å². The molecule has 4 aromatic carbocycles. The number of ether oxygens (including phenoxy) is 3. The summed E-state index contributed by atoms with van der Waals surface area (Å²) in [4.78, 5) is 32.1. The lowest BCUT2D eigenvalue weighted by molar-refractivity contribution is -0.137. The second kappa shape index (κ2) is 20.9. The molecule has 5 heterocycles. The molecule has 3 aromatic heterocycles. The lowest BCUT2D eigenvalue weighted by Gasteiger charge is -2.24. The minimum atomic E-state index is -4.01. The van der Waals surface area contributed by atoms with Crippen molar-refractivity contribution < 1.29 is 37.3 Å². The van der Waals surface area contributed by atoms with E-state index in [1.54, 1.807) is 48.4 Å². The van der Waals surface area contributed by atoms with E-state index in [2.05, 4.69) is 39.7 Å². The van der Waals surface area contributed by atoms with Gasteiger partial charge in [0.1, 0.15) is 50.4 Å². The van der Waals surface area contributed by atoms with Gasteiger partial charge in [0, 0.05) is 53.7 Å². The van der Waals surface area contributed by atoms with Crippen molar-refractivity contribution in [2.45, 2.75) is 89.8 Å². The number of carboxylic acids is 1. The number of methoxy groups -OCH3 is 1. The van der Waals surface area contributed by atoms with Crippen molar-refractivity contribution in [1.82, 2.24) is 39.4 Å². The Morgan fingerprint density at radius 2 is 1.78 bits per heavy atom. The smallest absolute Gasteiger partial charge is 0.304 e. The summed E-state index contributed by atoms with van der Waals surface area (Å²) in [5.74, 6) is 0.378. The summed E-state index contributed by atoms with van der Waals surface area (Å²) in [7, 11) is -0.712. The highest BCUT2D eigenvalue weighted by atomic mass is 35.5. The van der Waals surface area contributed by atoms with E-state index in [4.69, 9.17) is 30.8 Å². The second-order valence-corrected chi connectivity index (χ2v) is 21.9. The summed E-state index contributed by atoms with van der Waals surface area (Å²) >= 11 is 7.91. The Hall–Kier alpha value is -6.51. The van der Waals surface area contributed by atoms with Crippen LogP contribution < -0.4 is 14.8 Å². The first-order chi connectivity index (χ1) is 34.5. The number of thiophene rings is 1. The first-order valence-electron chi connectivity index (χ1n) is 23.7. The SMILES string of the molecule is COc1cc(C(CC(=O)O)c2ccc(C)c(CN3C[C@@H](C)Oc4cc(CCCOCCNC(=O)C[C@@H]5N=C(c6ccc(Cl)cc6)c6c(sc(C)c6C)-n6c(C)nnc65)ccc4S3(=O)=O)c2)cc2nnn(C)c12. The molecule has 0 bridgehead atoms. The predicted molar refractivity (Wildman–Crippen MR) is 275 cm³/mol. The Morgan fingerprint density at radius 1 is 0.986 bits per heavy atom. The summed E-state index contributed by atoms with van der Waals surface area (Å²) in [5, 5.41) is 31.9. The Kier molecular flexibility index (Phi) is 14.6. The number of benzene rings is 4. The van der Waals surface area contributed by atoms with Gasteiger partial charge in [-0.25, -0.2) is 13.1 Å². The lowest BCUT2D eigenvalue weighted by Crippen LogP contribution is -2.35. The van der Waals surface area contributed by atoms with E-state index in [0.717, 1.165) is 54.8 Å². The third-order valence-electron chi connectivity index (χ3n) is 13.3. The number of fused-ring (bicyclic) bond motifs is 5. The number of aliphatic imine (C=N–C) groups is 1. The maximum Gasteiger partial charge on any atom is 0.304 e. The van der Waals surface area contributed by atoms with Crippen molar-refractivity contribution in [2.24, 2.45) is 12.0 Å². The quantitative estimate of drug-likeness (QED) is 0.0830. The zero-order chi connectivity index (χ0) is 51.0. The molecule has 376 valence electrons. The molecule has 3 atom stereocenters. The van der Waals surface area contributed by atoms with Crippen LogP contribution in [0.4, 0.5) is 0 Å². The lowest BCUT2D eigenvalue weighted by atomic mass is 9.86. The summed E-state index contributed by atoms with van der Waals surface area (Å²) in [5.41, 5.74) is 8.96. The number of carboxylic acid groups (broad SMARTS) is 1. The van der Waals surface area contributed by atoms with Gasteiger partial charge >= 0.3 is 5.97 Å². The van der Waals surface area contributed by atoms with Gasteiger partial charge in [-0.05, 0) is 117 Å². The number of halogens is 1. The number of amides is 1. The molecule has 17 nitrogen and oxygen atoms in total. The van der Waals surface area contributed by atoms with Gasteiger partial charge in [-0.3, -0.25) is 19.1 Å². The van der Waals surface area contributed by atoms with Gasteiger partial charge in [-0.1, -0.05) is 53.2 Å². The normalized spacial score (nSPS) is 16.7. The maximum atomic E-state index is 14.4. The van der Waals surface area contributed by atoms with Gasteiger partial charge in [-0.15, -0.1) is 26.6 Å². The summed E-state index contributed by atoms with van der Waals surface area (Å²) in [6, 6.07) is 21.5. The Morgan fingerprint density at radius 3 is 2.54 bits per heavy atom. The predicted octanol–water partition coefficient (Wildman–Crippen LogP) is 8.13. The fourth-order valence-corrected chi connectivity index (χ4v) is 12.4. The monoisotopic (exact) mass is 1030 g/mol. The van der Waals surface area contributed by atoms with E-state index >= 15 is 0 Å². The molecule has 0 spiro atoms. The molecule has 0 radical (unpaired) electrons. The number of carbonyl (C=O) groups excluding carboxylic acids is 1. The van der Waals surface area contributed by atoms with E-state index in [-0.39, 0.29) is 36.7 Å². The molecular formula is C52H56ClN9O8S2. The van der Waals surface area contributed by atoms with Gasteiger partial charge in [0.25, 0.3) is 0 Å². The van der Waals surface area contributed by atoms with Crippen LogP contribution in [-0.2, 0) is 44.4 Å². The van der Waals surface area contributed by atoms with E-state index in [1.165, 1.54) is 4.31 Å². The molecular weight excluding hydrogens is 978 g/mol. The minimum absolute atomic E-state index is 0.0546. The van der Waals surface area contributed by atoms with Crippen molar-refractivity contribution in [1.29, 1.82) is 0 Å². The fraction of sp³-hybridized carbons (Fsp3) is 0.365. The molecule has 2 N–H and O–H groups in total. The van der Waals surface area contributed by atoms with E-state index in [1.807, 2.05) is 79.9 Å². The minimum Gasteiger partial charge on any atom is -0.494 e. The summed E-state index contributed by atoms with van der Waals surface area (Å²) in [6.07, 6.45) is 0.658. The van der Waals surface area contributed by atoms with Crippen molar-refractivity contribution >= 4 is 61.6 Å². The van der Waals surface area contributed by atoms with Crippen LogP contribution in [0.3, 0.4) is 0 Å². The van der Waals surface area contributed by atoms with Crippen LogP contribution in [0.15, 0.2) is 82.7 Å². The highest BCUT2D eigenvalue weighted by Gasteiger charge is 2.35. The number of aromatic nitrogens is 6. The Labute approximate surface area is 426 Å². The van der Waals surface area contributed by atoms with Crippen LogP contribution in [0.2, 0.25) is 5.02 Å². The van der Waals surface area contributed by atoms with Crippen LogP contribution in [0.5, 0.6) is 11.5 Å². The molecule has 1 amide bonds. The number of nitrogens with zero attached hydrogens (tertiary/aromatic N) is 8. The topological polar surface area (TPSA) is 205 Å². The number of sulfonamides is 1. The summed E-state index contributed by atoms with van der Waals surface area (Å²) < 4.78 is 51.7. The average molecular weight is 1030 g/mol. The van der Waals surface area contributed by atoms with Crippen LogP contribution in [0, 0.1) is 27.7 Å². The van der Waals surface area contributed by atoms with Gasteiger partial charge < -0.3 is 24.6 Å². The molecule has 20 heteroatoms. The molecule has 0 fully saturated rings. The van der Waals surface area contributed by atoms with Crippen LogP contribution in [0.25, 0.3) is 16.0 Å². The number of hydrogen-bond acceptors (Lipinski definition) is 13. The summed E-state index contributed by atoms with van der Waals surface area (Å²) in [6.45, 7) is 11.0. The second-order valence-electron chi connectivity index (χ2n) is 18.3. The number of rotatable bonds is 17. The largest absolute Gasteiger partial charge is 0.494 e. The number of hydrogen-bond donors (Lipinski definition) is 2. The Bertz CT molecular complexity index is 3350. The molecule has 0 aliphatic carbocycles. The molecule has 0 saturated heterocycles. The fourth-order valence-electron chi connectivity index (χ4n) is 9.47. The first kappa shape index (κ1) is 50.4. The van der Waals surface area contributed by atoms with Gasteiger partial charge in [0.15, 0.2) is 5.82 Å². The van der Waals surface area contributed by atoms with Crippen molar-refractivity contribution in [3.63, 3.8) is 0 Å². The molecule has 2 aliphatic rings. The number of aliphatic carboxylic acids is 1. The molecule has 0 saturated carbocycles. The third-order valence-corrected chi connectivity index (χ3v) is 16.6. The van der Waals surface area contributed by atoms with Gasteiger partial charge in [0.05, 0.1) is 38.8 Å². The highest BCUT2D eigenvalue weighted by Crippen LogP contribution is 2.41. The number of carbonyl (C=O) groups is 2. The number of nitrogens with one attached hydrogen (secondary N) is 1. The zero-order valence-electron chi connectivity index (χ0n) is 41.1.